The first kappa shape index (κ1) is 11.4. The van der Waals surface area contributed by atoms with Crippen LogP contribution in [0.5, 0.6) is 0 Å². The summed E-state index contributed by atoms with van der Waals surface area (Å²) >= 11 is 0. The number of rotatable bonds is 3. The van der Waals surface area contributed by atoms with E-state index in [4.69, 9.17) is 9.47 Å². The van der Waals surface area contributed by atoms with E-state index in [-0.39, 0.29) is 18.3 Å². The SMILES string of the molecule is COC1C(O)CC1OC1CCCCCC1. The Balaban J connectivity index is 1.76. The molecule has 3 heteroatoms. The lowest BCUT2D eigenvalue weighted by Gasteiger charge is -2.41. The van der Waals surface area contributed by atoms with Crippen molar-refractivity contribution in [3.8, 4) is 0 Å². The summed E-state index contributed by atoms with van der Waals surface area (Å²) < 4.78 is 11.2. The lowest BCUT2D eigenvalue weighted by Crippen LogP contribution is -2.54. The second-order valence-corrected chi connectivity index (χ2v) is 4.79. The number of aliphatic hydroxyl groups excluding tert-OH is 1. The molecule has 0 aliphatic heterocycles. The molecule has 0 aromatic rings. The first-order chi connectivity index (χ1) is 7.31. The standard InChI is InChI=1S/C12H22O3/c1-14-12-10(13)8-11(12)15-9-6-4-2-3-5-7-9/h9-13H,2-8H2,1H3. The molecule has 3 atom stereocenters. The van der Waals surface area contributed by atoms with Gasteiger partial charge in [0.25, 0.3) is 0 Å². The first-order valence-corrected chi connectivity index (χ1v) is 6.17. The summed E-state index contributed by atoms with van der Waals surface area (Å²) in [7, 11) is 1.65. The molecule has 0 aromatic carbocycles. The summed E-state index contributed by atoms with van der Waals surface area (Å²) in [6.45, 7) is 0. The van der Waals surface area contributed by atoms with Gasteiger partial charge in [-0.05, 0) is 12.8 Å². The van der Waals surface area contributed by atoms with E-state index in [0.717, 1.165) is 6.42 Å². The van der Waals surface area contributed by atoms with Gasteiger partial charge in [0.15, 0.2) is 0 Å². The Morgan fingerprint density at radius 1 is 1.07 bits per heavy atom. The van der Waals surface area contributed by atoms with E-state index in [1.807, 2.05) is 0 Å². The van der Waals surface area contributed by atoms with Crippen LogP contribution in [0, 0.1) is 0 Å². The van der Waals surface area contributed by atoms with Gasteiger partial charge in [-0.3, -0.25) is 0 Å². The Morgan fingerprint density at radius 3 is 2.27 bits per heavy atom. The van der Waals surface area contributed by atoms with Gasteiger partial charge in [0, 0.05) is 13.5 Å². The molecule has 0 amide bonds. The van der Waals surface area contributed by atoms with Crippen molar-refractivity contribution in [2.45, 2.75) is 69.4 Å². The molecule has 2 aliphatic rings. The lowest BCUT2D eigenvalue weighted by atomic mass is 9.87. The van der Waals surface area contributed by atoms with Crippen molar-refractivity contribution < 1.29 is 14.6 Å². The van der Waals surface area contributed by atoms with Gasteiger partial charge in [-0.25, -0.2) is 0 Å². The van der Waals surface area contributed by atoms with Crippen molar-refractivity contribution in [3.05, 3.63) is 0 Å². The number of ether oxygens (including phenoxy) is 2. The Bertz CT molecular complexity index is 187. The van der Waals surface area contributed by atoms with Crippen LogP contribution in [0.15, 0.2) is 0 Å². The summed E-state index contributed by atoms with van der Waals surface area (Å²) in [5.41, 5.74) is 0. The molecule has 0 aromatic heterocycles. The Kier molecular flexibility index (Phi) is 4.00. The first-order valence-electron chi connectivity index (χ1n) is 6.17. The minimum absolute atomic E-state index is 0.0896. The summed E-state index contributed by atoms with van der Waals surface area (Å²) in [5, 5.41) is 9.46. The molecule has 2 saturated carbocycles. The monoisotopic (exact) mass is 214 g/mol. The van der Waals surface area contributed by atoms with Gasteiger partial charge in [0.2, 0.25) is 0 Å². The fourth-order valence-corrected chi connectivity index (χ4v) is 2.63. The largest absolute Gasteiger partial charge is 0.390 e. The van der Waals surface area contributed by atoms with Crippen LogP contribution in [0.1, 0.15) is 44.9 Å². The van der Waals surface area contributed by atoms with Crippen molar-refractivity contribution in [2.24, 2.45) is 0 Å². The Labute approximate surface area is 91.8 Å². The normalized spacial score (nSPS) is 38.4. The summed E-state index contributed by atoms with van der Waals surface area (Å²) in [6.07, 6.45) is 8.52. The summed E-state index contributed by atoms with van der Waals surface area (Å²) in [5.74, 6) is 0. The quantitative estimate of drug-likeness (QED) is 0.729. The third-order valence-electron chi connectivity index (χ3n) is 3.66. The molecule has 2 aliphatic carbocycles. The van der Waals surface area contributed by atoms with Gasteiger partial charge in [-0.15, -0.1) is 0 Å². The number of aliphatic hydroxyl groups is 1. The smallest absolute Gasteiger partial charge is 0.109 e. The van der Waals surface area contributed by atoms with Crippen LogP contribution >= 0.6 is 0 Å². The summed E-state index contributed by atoms with van der Waals surface area (Å²) in [6, 6.07) is 0. The second kappa shape index (κ2) is 5.28. The van der Waals surface area contributed by atoms with Gasteiger partial charge in [0.05, 0.1) is 18.3 Å². The molecule has 3 unspecified atom stereocenters. The zero-order valence-corrected chi connectivity index (χ0v) is 9.52. The average molecular weight is 214 g/mol. The molecule has 0 saturated heterocycles. The van der Waals surface area contributed by atoms with Crippen LogP contribution in [0.4, 0.5) is 0 Å². The van der Waals surface area contributed by atoms with Crippen LogP contribution in [-0.4, -0.2) is 36.6 Å². The van der Waals surface area contributed by atoms with Crippen molar-refractivity contribution in [3.63, 3.8) is 0 Å². The minimum Gasteiger partial charge on any atom is -0.390 e. The van der Waals surface area contributed by atoms with Crippen molar-refractivity contribution >= 4 is 0 Å². The van der Waals surface area contributed by atoms with E-state index in [9.17, 15) is 5.11 Å². The topological polar surface area (TPSA) is 38.7 Å². The lowest BCUT2D eigenvalue weighted by molar-refractivity contribution is -0.199. The molecule has 3 nitrogen and oxygen atoms in total. The highest BCUT2D eigenvalue weighted by atomic mass is 16.6. The zero-order valence-electron chi connectivity index (χ0n) is 9.52. The van der Waals surface area contributed by atoms with E-state index in [2.05, 4.69) is 0 Å². The fraction of sp³-hybridized carbons (Fsp3) is 1.00. The maximum Gasteiger partial charge on any atom is 0.109 e. The van der Waals surface area contributed by atoms with Crippen LogP contribution in [0.25, 0.3) is 0 Å². The fourth-order valence-electron chi connectivity index (χ4n) is 2.63. The van der Waals surface area contributed by atoms with E-state index >= 15 is 0 Å². The molecule has 15 heavy (non-hydrogen) atoms. The molecule has 0 heterocycles. The average Bonchev–Trinajstić information content (AvgIpc) is 2.46. The van der Waals surface area contributed by atoms with Crippen LogP contribution in [-0.2, 0) is 9.47 Å². The van der Waals surface area contributed by atoms with E-state index in [1.54, 1.807) is 7.11 Å². The molecule has 88 valence electrons. The molecular formula is C12H22O3. The van der Waals surface area contributed by atoms with Gasteiger partial charge in [0.1, 0.15) is 6.10 Å². The van der Waals surface area contributed by atoms with Crippen molar-refractivity contribution in [2.75, 3.05) is 7.11 Å². The van der Waals surface area contributed by atoms with Gasteiger partial charge >= 0.3 is 0 Å². The second-order valence-electron chi connectivity index (χ2n) is 4.79. The van der Waals surface area contributed by atoms with Gasteiger partial charge in [-0.1, -0.05) is 25.7 Å². The van der Waals surface area contributed by atoms with Gasteiger partial charge < -0.3 is 14.6 Å². The minimum atomic E-state index is -0.314. The zero-order chi connectivity index (χ0) is 10.7. The summed E-state index contributed by atoms with van der Waals surface area (Å²) in [4.78, 5) is 0. The predicted molar refractivity (Wildman–Crippen MR) is 57.8 cm³/mol. The molecule has 0 spiro atoms. The highest BCUT2D eigenvalue weighted by molar-refractivity contribution is 4.92. The van der Waals surface area contributed by atoms with Crippen LogP contribution < -0.4 is 0 Å². The molecular weight excluding hydrogens is 192 g/mol. The molecule has 1 N–H and O–H groups in total. The molecule has 2 fully saturated rings. The molecule has 0 bridgehead atoms. The number of methoxy groups -OCH3 is 1. The van der Waals surface area contributed by atoms with E-state index in [0.29, 0.717) is 6.10 Å². The van der Waals surface area contributed by atoms with E-state index in [1.165, 1.54) is 38.5 Å². The van der Waals surface area contributed by atoms with Crippen LogP contribution in [0.3, 0.4) is 0 Å². The maximum absolute atomic E-state index is 9.46. The predicted octanol–water partition coefficient (Wildman–Crippen LogP) is 1.87. The van der Waals surface area contributed by atoms with Crippen molar-refractivity contribution in [1.29, 1.82) is 0 Å². The number of hydrogen-bond acceptors (Lipinski definition) is 3. The third kappa shape index (κ3) is 2.71. The van der Waals surface area contributed by atoms with E-state index < -0.39 is 0 Å². The van der Waals surface area contributed by atoms with Gasteiger partial charge in [-0.2, -0.15) is 0 Å². The Hall–Kier alpha value is -0.120. The highest BCUT2D eigenvalue weighted by Crippen LogP contribution is 2.30. The van der Waals surface area contributed by atoms with Crippen molar-refractivity contribution in [1.82, 2.24) is 0 Å². The van der Waals surface area contributed by atoms with Crippen LogP contribution in [0.2, 0.25) is 0 Å². The molecule has 2 rings (SSSR count). The molecule has 0 radical (unpaired) electrons. The Morgan fingerprint density at radius 2 is 1.73 bits per heavy atom. The maximum atomic E-state index is 9.46. The highest BCUT2D eigenvalue weighted by Gasteiger charge is 2.42. The third-order valence-corrected chi connectivity index (χ3v) is 3.66. The number of hydrogen-bond donors (Lipinski definition) is 1.